The number of carbonyl (C=O) groups is 1. The van der Waals surface area contributed by atoms with Crippen LogP contribution in [0.25, 0.3) is 22.2 Å². The van der Waals surface area contributed by atoms with E-state index in [4.69, 9.17) is 23.2 Å². The van der Waals surface area contributed by atoms with Crippen LogP contribution in [0.2, 0.25) is 10.0 Å². The van der Waals surface area contributed by atoms with E-state index in [1.807, 2.05) is 6.26 Å². The molecule has 0 amide bonds. The number of pyridine rings is 1. The number of halogens is 2. The quantitative estimate of drug-likeness (QED) is 0.546. The maximum atomic E-state index is 11.6. The summed E-state index contributed by atoms with van der Waals surface area (Å²) in [5.41, 5.74) is 0.921. The Bertz CT molecular complexity index is 914. The first-order valence-corrected chi connectivity index (χ1v) is 8.39. The highest BCUT2D eigenvalue weighted by molar-refractivity contribution is 7.98. The van der Waals surface area contributed by atoms with Crippen LogP contribution in [0.4, 0.5) is 0 Å². The molecule has 0 aliphatic carbocycles. The lowest BCUT2D eigenvalue weighted by Crippen LogP contribution is -2.05. The van der Waals surface area contributed by atoms with Crippen molar-refractivity contribution in [3.8, 4) is 11.1 Å². The Morgan fingerprint density at radius 2 is 1.91 bits per heavy atom. The van der Waals surface area contributed by atoms with E-state index in [0.717, 1.165) is 0 Å². The number of hydrogen-bond acceptors (Lipinski definition) is 5. The summed E-state index contributed by atoms with van der Waals surface area (Å²) >= 11 is 13.8. The number of hydrogen-bond donors (Lipinski definition) is 1. The highest BCUT2D eigenvalue weighted by atomic mass is 35.5. The summed E-state index contributed by atoms with van der Waals surface area (Å²) < 4.78 is 0. The molecule has 0 saturated heterocycles. The van der Waals surface area contributed by atoms with Crippen LogP contribution in [-0.4, -0.2) is 32.3 Å². The second-order valence-corrected chi connectivity index (χ2v) is 6.14. The van der Waals surface area contributed by atoms with Crippen molar-refractivity contribution in [3.05, 3.63) is 46.2 Å². The summed E-state index contributed by atoms with van der Waals surface area (Å²) in [5.74, 6) is -1.18. The third-order valence-corrected chi connectivity index (χ3v) is 4.36. The number of thioether (sulfide) groups is 1. The van der Waals surface area contributed by atoms with E-state index in [0.29, 0.717) is 37.4 Å². The van der Waals surface area contributed by atoms with Crippen LogP contribution in [0.15, 0.2) is 35.6 Å². The Labute approximate surface area is 145 Å². The van der Waals surface area contributed by atoms with Gasteiger partial charge in [0, 0.05) is 32.8 Å². The molecule has 0 unspecified atom stereocenters. The van der Waals surface area contributed by atoms with Gasteiger partial charge in [0.15, 0.2) is 16.5 Å². The Kier molecular flexibility index (Phi) is 4.39. The minimum Gasteiger partial charge on any atom is -0.476 e. The van der Waals surface area contributed by atoms with Gasteiger partial charge in [-0.05, 0) is 24.5 Å². The standard InChI is InChI=1S/C15H9Cl2N3O2S/c1-23-15-18-6-7-5-8(11-9(16)3-2-4-10(11)17)12(14(21)22)19-13(7)20-15/h2-6H,1H3,(H,21,22). The third kappa shape index (κ3) is 2.97. The fourth-order valence-corrected chi connectivity index (χ4v) is 3.09. The van der Waals surface area contributed by atoms with Gasteiger partial charge in [0.05, 0.1) is 0 Å². The lowest BCUT2D eigenvalue weighted by atomic mass is 10.0. The molecule has 0 fully saturated rings. The number of carboxylic acids is 1. The van der Waals surface area contributed by atoms with E-state index in [1.54, 1.807) is 30.5 Å². The van der Waals surface area contributed by atoms with Gasteiger partial charge in [-0.15, -0.1) is 0 Å². The molecule has 5 nitrogen and oxygen atoms in total. The fourth-order valence-electron chi connectivity index (χ4n) is 2.15. The van der Waals surface area contributed by atoms with E-state index in [9.17, 15) is 9.90 Å². The fraction of sp³-hybridized carbons (Fsp3) is 0.0667. The van der Waals surface area contributed by atoms with Crippen molar-refractivity contribution in [1.29, 1.82) is 0 Å². The number of carboxylic acid groups (broad SMARTS) is 1. The molecular weight excluding hydrogens is 357 g/mol. The van der Waals surface area contributed by atoms with Gasteiger partial charge < -0.3 is 5.11 Å². The number of benzene rings is 1. The smallest absolute Gasteiger partial charge is 0.355 e. The molecule has 8 heteroatoms. The summed E-state index contributed by atoms with van der Waals surface area (Å²) in [4.78, 5) is 24.2. The summed E-state index contributed by atoms with van der Waals surface area (Å²) in [6.45, 7) is 0. The van der Waals surface area contributed by atoms with E-state index < -0.39 is 5.97 Å². The molecule has 0 saturated carbocycles. The van der Waals surface area contributed by atoms with Crippen molar-refractivity contribution in [2.75, 3.05) is 6.26 Å². The number of nitrogens with zero attached hydrogens (tertiary/aromatic N) is 3. The van der Waals surface area contributed by atoms with E-state index in [2.05, 4.69) is 15.0 Å². The zero-order valence-electron chi connectivity index (χ0n) is 11.7. The minimum absolute atomic E-state index is 0.154. The molecule has 0 bridgehead atoms. The van der Waals surface area contributed by atoms with Gasteiger partial charge >= 0.3 is 5.97 Å². The lowest BCUT2D eigenvalue weighted by molar-refractivity contribution is 0.0692. The monoisotopic (exact) mass is 365 g/mol. The van der Waals surface area contributed by atoms with Crippen molar-refractivity contribution in [2.24, 2.45) is 0 Å². The van der Waals surface area contributed by atoms with Gasteiger partial charge in [0.2, 0.25) is 0 Å². The predicted molar refractivity (Wildman–Crippen MR) is 91.5 cm³/mol. The molecule has 1 N–H and O–H groups in total. The molecule has 3 rings (SSSR count). The third-order valence-electron chi connectivity index (χ3n) is 3.16. The molecule has 0 radical (unpaired) electrons. The topological polar surface area (TPSA) is 76.0 Å². The summed E-state index contributed by atoms with van der Waals surface area (Å²) in [6, 6.07) is 6.62. The first-order valence-electron chi connectivity index (χ1n) is 6.40. The average Bonchev–Trinajstić information content (AvgIpc) is 2.53. The Hall–Kier alpha value is -1.89. The van der Waals surface area contributed by atoms with Crippen LogP contribution in [0, 0.1) is 0 Å². The molecule has 2 aromatic heterocycles. The Morgan fingerprint density at radius 3 is 2.52 bits per heavy atom. The SMILES string of the molecule is CSc1ncc2cc(-c3c(Cl)cccc3Cl)c(C(=O)O)nc2n1. The highest BCUT2D eigenvalue weighted by Gasteiger charge is 2.20. The molecule has 2 heterocycles. The van der Waals surface area contributed by atoms with Crippen LogP contribution < -0.4 is 0 Å². The normalized spacial score (nSPS) is 10.9. The first kappa shape index (κ1) is 16.0. The maximum absolute atomic E-state index is 11.6. The largest absolute Gasteiger partial charge is 0.476 e. The lowest BCUT2D eigenvalue weighted by Gasteiger charge is -2.11. The van der Waals surface area contributed by atoms with E-state index >= 15 is 0 Å². The summed E-state index contributed by atoms with van der Waals surface area (Å²) in [7, 11) is 0. The zero-order valence-corrected chi connectivity index (χ0v) is 14.1. The van der Waals surface area contributed by atoms with Crippen molar-refractivity contribution in [3.63, 3.8) is 0 Å². The Balaban J connectivity index is 2.35. The molecule has 0 atom stereocenters. The molecule has 116 valence electrons. The van der Waals surface area contributed by atoms with Crippen molar-refractivity contribution in [1.82, 2.24) is 15.0 Å². The second kappa shape index (κ2) is 6.31. The summed E-state index contributed by atoms with van der Waals surface area (Å²) in [6.07, 6.45) is 3.43. The van der Waals surface area contributed by atoms with Crippen molar-refractivity contribution in [2.45, 2.75) is 5.16 Å². The number of rotatable bonds is 3. The van der Waals surface area contributed by atoms with Gasteiger partial charge in [0.1, 0.15) is 0 Å². The van der Waals surface area contributed by atoms with Crippen LogP contribution in [-0.2, 0) is 0 Å². The number of aromatic carboxylic acids is 1. The van der Waals surface area contributed by atoms with Gasteiger partial charge in [0.25, 0.3) is 0 Å². The van der Waals surface area contributed by atoms with Crippen LogP contribution >= 0.6 is 35.0 Å². The van der Waals surface area contributed by atoms with Crippen molar-refractivity contribution < 1.29 is 9.90 Å². The average molecular weight is 366 g/mol. The van der Waals surface area contributed by atoms with Gasteiger partial charge in [-0.3, -0.25) is 0 Å². The van der Waals surface area contributed by atoms with E-state index in [1.165, 1.54) is 11.8 Å². The first-order chi connectivity index (χ1) is 11.0. The van der Waals surface area contributed by atoms with Crippen LogP contribution in [0.5, 0.6) is 0 Å². The molecule has 0 aliphatic rings. The molecule has 1 aromatic carbocycles. The maximum Gasteiger partial charge on any atom is 0.355 e. The Morgan fingerprint density at radius 1 is 1.22 bits per heavy atom. The minimum atomic E-state index is -1.18. The molecule has 0 aliphatic heterocycles. The second-order valence-electron chi connectivity index (χ2n) is 4.56. The van der Waals surface area contributed by atoms with Gasteiger partial charge in [-0.1, -0.05) is 41.0 Å². The molecular formula is C15H9Cl2N3O2S. The van der Waals surface area contributed by atoms with Crippen molar-refractivity contribution >= 4 is 52.0 Å². The number of aromatic nitrogens is 3. The number of fused-ring (bicyclic) bond motifs is 1. The van der Waals surface area contributed by atoms with Crippen LogP contribution in [0.3, 0.4) is 0 Å². The molecule has 23 heavy (non-hydrogen) atoms. The zero-order chi connectivity index (χ0) is 16.6. The van der Waals surface area contributed by atoms with Gasteiger partial charge in [-0.2, -0.15) is 0 Å². The van der Waals surface area contributed by atoms with E-state index in [-0.39, 0.29) is 5.69 Å². The highest BCUT2D eigenvalue weighted by Crippen LogP contribution is 2.37. The summed E-state index contributed by atoms with van der Waals surface area (Å²) in [5, 5.41) is 11.3. The molecule has 3 aromatic rings. The van der Waals surface area contributed by atoms with Crippen LogP contribution in [0.1, 0.15) is 10.5 Å². The predicted octanol–water partition coefficient (Wildman–Crippen LogP) is 4.42. The van der Waals surface area contributed by atoms with Gasteiger partial charge in [-0.25, -0.2) is 19.7 Å². The molecule has 0 spiro atoms.